The van der Waals surface area contributed by atoms with Crippen molar-refractivity contribution in [3.05, 3.63) is 51.5 Å². The Labute approximate surface area is 214 Å². The molecule has 1 aliphatic heterocycles. The maximum Gasteiger partial charge on any atom is 0.206 e. The number of carbonyl (C=O) groups excluding carboxylic acids is 1. The molecule has 0 radical (unpaired) electrons. The summed E-state index contributed by atoms with van der Waals surface area (Å²) in [6.45, 7) is 11.2. The zero-order valence-corrected chi connectivity index (χ0v) is 22.6. The molecule has 2 heterocycles. The molecule has 35 heavy (non-hydrogen) atoms. The number of rotatable bonds is 7. The lowest BCUT2D eigenvalue weighted by Gasteiger charge is -2.33. The van der Waals surface area contributed by atoms with Crippen molar-refractivity contribution in [2.45, 2.75) is 46.1 Å². The quantitative estimate of drug-likeness (QED) is 0.401. The molecular formula is C26H32BrN5O3. The molecule has 0 spiro atoms. The van der Waals surface area contributed by atoms with Gasteiger partial charge in [-0.2, -0.15) is 4.80 Å². The maximum atomic E-state index is 13.4. The Morgan fingerprint density at radius 1 is 1.17 bits per heavy atom. The normalized spacial score (nSPS) is 14.3. The number of nitrogens with zero attached hydrogens (tertiary/aromatic N) is 5. The Morgan fingerprint density at radius 3 is 2.54 bits per heavy atom. The molecule has 0 atom stereocenters. The number of carbonyl (C=O) groups is 1. The predicted molar refractivity (Wildman–Crippen MR) is 139 cm³/mol. The number of hydrogen-bond donors (Lipinski definition) is 0. The third-order valence-electron chi connectivity index (χ3n) is 6.18. The van der Waals surface area contributed by atoms with Gasteiger partial charge in [0.25, 0.3) is 0 Å². The van der Waals surface area contributed by atoms with Crippen molar-refractivity contribution in [3.63, 3.8) is 0 Å². The van der Waals surface area contributed by atoms with Gasteiger partial charge in [-0.25, -0.2) is 0 Å². The van der Waals surface area contributed by atoms with E-state index in [2.05, 4.69) is 70.0 Å². The molecule has 1 aliphatic rings. The van der Waals surface area contributed by atoms with Gasteiger partial charge in [0.05, 0.1) is 26.0 Å². The van der Waals surface area contributed by atoms with Crippen molar-refractivity contribution in [1.82, 2.24) is 20.2 Å². The third kappa shape index (κ3) is 5.56. The number of tetrazole rings is 1. The molecule has 186 valence electrons. The van der Waals surface area contributed by atoms with Crippen LogP contribution in [0.4, 0.5) is 5.69 Å². The highest BCUT2D eigenvalue weighted by atomic mass is 79.9. The average molecular weight is 542 g/mol. The maximum absolute atomic E-state index is 13.4. The molecule has 1 aromatic heterocycles. The first-order valence-corrected chi connectivity index (χ1v) is 12.7. The van der Waals surface area contributed by atoms with Gasteiger partial charge in [0, 0.05) is 34.3 Å². The summed E-state index contributed by atoms with van der Waals surface area (Å²) in [5, 5.41) is 12.8. The van der Waals surface area contributed by atoms with E-state index >= 15 is 0 Å². The summed E-state index contributed by atoms with van der Waals surface area (Å²) in [5.41, 5.74) is 4.35. The van der Waals surface area contributed by atoms with Gasteiger partial charge in [0.15, 0.2) is 5.78 Å². The lowest BCUT2D eigenvalue weighted by molar-refractivity contribution is 0.0961. The summed E-state index contributed by atoms with van der Waals surface area (Å²) >= 11 is 3.60. The Morgan fingerprint density at radius 2 is 1.91 bits per heavy atom. The summed E-state index contributed by atoms with van der Waals surface area (Å²) in [4.78, 5) is 17.0. The predicted octanol–water partition coefficient (Wildman–Crippen LogP) is 4.69. The number of aryl methyl sites for hydroxylation is 1. The van der Waals surface area contributed by atoms with Crippen LogP contribution in [0.1, 0.15) is 49.2 Å². The van der Waals surface area contributed by atoms with E-state index in [9.17, 15) is 4.79 Å². The van der Waals surface area contributed by atoms with Crippen LogP contribution >= 0.6 is 15.9 Å². The van der Waals surface area contributed by atoms with E-state index in [0.29, 0.717) is 24.6 Å². The van der Waals surface area contributed by atoms with Gasteiger partial charge in [-0.3, -0.25) is 4.79 Å². The van der Waals surface area contributed by atoms with Crippen molar-refractivity contribution >= 4 is 27.4 Å². The number of benzene rings is 2. The summed E-state index contributed by atoms with van der Waals surface area (Å²) in [5.74, 6) is 1.20. The van der Waals surface area contributed by atoms with E-state index in [4.69, 9.17) is 9.47 Å². The zero-order valence-electron chi connectivity index (χ0n) is 21.0. The van der Waals surface area contributed by atoms with Crippen LogP contribution in [0.15, 0.2) is 34.8 Å². The number of anilines is 1. The summed E-state index contributed by atoms with van der Waals surface area (Å²) < 4.78 is 12.3. The highest BCUT2D eigenvalue weighted by Crippen LogP contribution is 2.40. The number of halogens is 1. The van der Waals surface area contributed by atoms with Gasteiger partial charge >= 0.3 is 0 Å². The third-order valence-corrected chi connectivity index (χ3v) is 6.83. The lowest BCUT2D eigenvalue weighted by atomic mass is 9.84. The second-order valence-corrected chi connectivity index (χ2v) is 10.5. The Bertz CT molecular complexity index is 1210. The molecule has 2 aromatic carbocycles. The molecule has 0 unspecified atom stereocenters. The smallest absolute Gasteiger partial charge is 0.206 e. The van der Waals surface area contributed by atoms with Crippen LogP contribution < -0.4 is 9.64 Å². The first kappa shape index (κ1) is 25.3. The van der Waals surface area contributed by atoms with Crippen molar-refractivity contribution < 1.29 is 14.3 Å². The molecule has 8 nitrogen and oxygen atoms in total. The van der Waals surface area contributed by atoms with E-state index in [0.717, 1.165) is 46.5 Å². The average Bonchev–Trinajstić information content (AvgIpc) is 3.30. The van der Waals surface area contributed by atoms with Gasteiger partial charge in [0.1, 0.15) is 12.3 Å². The van der Waals surface area contributed by atoms with E-state index in [-0.39, 0.29) is 17.7 Å². The summed E-state index contributed by atoms with van der Waals surface area (Å²) in [6.07, 6.45) is 0.943. The number of Topliss-reactive ketones (excluding diaryl/α,β-unsaturated/α-hetero) is 1. The van der Waals surface area contributed by atoms with Crippen LogP contribution in [-0.2, 0) is 23.1 Å². The zero-order chi connectivity index (χ0) is 25.2. The van der Waals surface area contributed by atoms with Gasteiger partial charge in [0.2, 0.25) is 5.82 Å². The van der Waals surface area contributed by atoms with Crippen molar-refractivity contribution in [3.8, 4) is 17.1 Å². The van der Waals surface area contributed by atoms with Crippen LogP contribution in [0.25, 0.3) is 11.4 Å². The number of hydrogen-bond acceptors (Lipinski definition) is 7. The van der Waals surface area contributed by atoms with E-state index in [1.807, 2.05) is 24.3 Å². The number of ketones is 1. The van der Waals surface area contributed by atoms with Gasteiger partial charge < -0.3 is 14.4 Å². The Hall–Kier alpha value is -2.78. The lowest BCUT2D eigenvalue weighted by Crippen LogP contribution is -2.37. The molecule has 3 aromatic rings. The highest BCUT2D eigenvalue weighted by molar-refractivity contribution is 9.10. The second kappa shape index (κ2) is 10.5. The van der Waals surface area contributed by atoms with Gasteiger partial charge in [-0.05, 0) is 46.9 Å². The fraction of sp³-hybridized carbons (Fsp3) is 0.462. The minimum absolute atomic E-state index is 0.00384. The van der Waals surface area contributed by atoms with Crippen LogP contribution in [0, 0.1) is 0 Å². The number of aromatic nitrogens is 4. The molecule has 1 saturated heterocycles. The molecule has 0 N–H and O–H groups in total. The van der Waals surface area contributed by atoms with Crippen LogP contribution in [0.2, 0.25) is 0 Å². The minimum Gasteiger partial charge on any atom is -0.494 e. The van der Waals surface area contributed by atoms with Crippen molar-refractivity contribution in [2.75, 3.05) is 38.3 Å². The van der Waals surface area contributed by atoms with Crippen LogP contribution in [-0.4, -0.2) is 59.4 Å². The molecule has 0 bridgehead atoms. The highest BCUT2D eigenvalue weighted by Gasteiger charge is 2.27. The van der Waals surface area contributed by atoms with Gasteiger partial charge in [-0.1, -0.05) is 49.7 Å². The van der Waals surface area contributed by atoms with E-state index in [1.165, 1.54) is 10.4 Å². The molecule has 9 heteroatoms. The minimum atomic E-state index is -0.210. The largest absolute Gasteiger partial charge is 0.494 e. The fourth-order valence-electron chi connectivity index (χ4n) is 4.18. The topological polar surface area (TPSA) is 82.4 Å². The number of ether oxygens (including phenoxy) is 2. The van der Waals surface area contributed by atoms with Crippen molar-refractivity contribution in [1.29, 1.82) is 0 Å². The first-order chi connectivity index (χ1) is 16.7. The summed E-state index contributed by atoms with van der Waals surface area (Å²) in [6, 6.07) is 9.92. The van der Waals surface area contributed by atoms with Crippen LogP contribution in [0.3, 0.4) is 0 Å². The molecule has 0 saturated carbocycles. The molecule has 1 fully saturated rings. The first-order valence-electron chi connectivity index (χ1n) is 11.9. The monoisotopic (exact) mass is 541 g/mol. The Kier molecular flexibility index (Phi) is 7.56. The van der Waals surface area contributed by atoms with E-state index < -0.39 is 0 Å². The second-order valence-electron chi connectivity index (χ2n) is 9.66. The number of methoxy groups -OCH3 is 1. The number of morpholine rings is 1. The summed E-state index contributed by atoms with van der Waals surface area (Å²) in [7, 11) is 1.68. The van der Waals surface area contributed by atoms with E-state index in [1.54, 1.807) is 7.11 Å². The molecule has 0 aliphatic carbocycles. The van der Waals surface area contributed by atoms with Crippen LogP contribution in [0.5, 0.6) is 5.75 Å². The molecule has 4 rings (SSSR count). The van der Waals surface area contributed by atoms with Crippen molar-refractivity contribution in [2.24, 2.45) is 0 Å². The molecule has 0 amide bonds. The van der Waals surface area contributed by atoms with Gasteiger partial charge in [-0.15, -0.1) is 10.2 Å². The fourth-order valence-corrected chi connectivity index (χ4v) is 4.79. The SMILES string of the molecule is CCc1ccc(-c2nnn(CC(=O)c3cc(N4CCOCC4)c(OC)c(C(C)(C)C)c3)n2)c(Br)c1. The molecular weight excluding hydrogens is 510 g/mol. The Balaban J connectivity index is 1.64. The standard InChI is InChI=1S/C26H32BrN5O3/c1-6-17-7-8-19(21(27)13-17)25-28-30-32(29-25)16-23(33)18-14-20(26(2,3)4)24(34-5)22(15-18)31-9-11-35-12-10-31/h7-8,13-15H,6,9-12,16H2,1-5H3.